The van der Waals surface area contributed by atoms with Gasteiger partial charge in [-0.1, -0.05) is 12.1 Å². The number of halogens is 1. The smallest absolute Gasteiger partial charge is 0.229 e. The molecule has 2 aromatic carbocycles. The molecule has 0 radical (unpaired) electrons. The lowest BCUT2D eigenvalue weighted by molar-refractivity contribution is -0.119. The first kappa shape index (κ1) is 22.5. The minimum Gasteiger partial charge on any atom is -0.339 e. The maximum Gasteiger partial charge on any atom is 0.229 e. The van der Waals surface area contributed by atoms with Crippen LogP contribution in [0.25, 0.3) is 0 Å². The molecular weight excluding hydrogens is 489 g/mol. The highest BCUT2D eigenvalue weighted by Gasteiger charge is 2.20. The van der Waals surface area contributed by atoms with Crippen molar-refractivity contribution in [3.63, 3.8) is 0 Å². The molecule has 7 nitrogen and oxygen atoms in total. The Morgan fingerprint density at radius 2 is 1.78 bits per heavy atom. The van der Waals surface area contributed by atoms with Gasteiger partial charge in [0.1, 0.15) is 13.0 Å². The maximum absolute atomic E-state index is 12.7. The molecule has 4 rings (SSSR count). The molecule has 1 amide bonds. The molecule has 32 heavy (non-hydrogen) atoms. The molecule has 0 unspecified atom stereocenters. The van der Waals surface area contributed by atoms with Gasteiger partial charge in [-0.2, -0.15) is 4.98 Å². The molecule has 0 aliphatic carbocycles. The second-order valence-electron chi connectivity index (χ2n) is 8.06. The van der Waals surface area contributed by atoms with Crippen molar-refractivity contribution in [2.24, 2.45) is 0 Å². The Labute approximate surface area is 196 Å². The van der Waals surface area contributed by atoms with E-state index in [0.29, 0.717) is 22.7 Å². The second kappa shape index (κ2) is 9.43. The summed E-state index contributed by atoms with van der Waals surface area (Å²) in [6.45, 7) is 4.26. The third-order valence-corrected chi connectivity index (χ3v) is 7.37. The van der Waals surface area contributed by atoms with Crippen LogP contribution in [-0.4, -0.2) is 35.7 Å². The third kappa shape index (κ3) is 5.19. The van der Waals surface area contributed by atoms with E-state index in [4.69, 9.17) is 0 Å². The summed E-state index contributed by atoms with van der Waals surface area (Å²) < 4.78 is 13.4. The van der Waals surface area contributed by atoms with Crippen LogP contribution in [0, 0.1) is 0 Å². The molecule has 3 aromatic rings. The van der Waals surface area contributed by atoms with Crippen LogP contribution < -0.4 is 20.8 Å². The van der Waals surface area contributed by atoms with Gasteiger partial charge in [-0.25, -0.2) is 4.98 Å². The van der Waals surface area contributed by atoms with Gasteiger partial charge in [0.25, 0.3) is 0 Å². The van der Waals surface area contributed by atoms with Gasteiger partial charge in [-0.05, 0) is 78.5 Å². The Bertz CT molecular complexity index is 1180. The number of aromatic nitrogens is 2. The van der Waals surface area contributed by atoms with Crippen molar-refractivity contribution >= 4 is 63.1 Å². The molecule has 1 fully saturated rings. The van der Waals surface area contributed by atoms with Crippen molar-refractivity contribution < 1.29 is 9.36 Å². The molecule has 0 bridgehead atoms. The number of benzene rings is 2. The fourth-order valence-corrected chi connectivity index (χ4v) is 5.07. The summed E-state index contributed by atoms with van der Waals surface area (Å²) in [5.41, 5.74) is 2.47. The van der Waals surface area contributed by atoms with E-state index >= 15 is 0 Å². The molecule has 1 aromatic heterocycles. The van der Waals surface area contributed by atoms with E-state index < -0.39 is 7.14 Å². The van der Waals surface area contributed by atoms with Crippen molar-refractivity contribution in [1.29, 1.82) is 0 Å². The molecule has 2 heterocycles. The number of anilines is 5. The topological polar surface area (TPSA) is 87.2 Å². The highest BCUT2D eigenvalue weighted by atomic mass is 79.9. The minimum atomic E-state index is -2.46. The molecule has 1 aliphatic heterocycles. The van der Waals surface area contributed by atoms with E-state index in [1.165, 1.54) is 0 Å². The van der Waals surface area contributed by atoms with E-state index in [0.717, 1.165) is 41.8 Å². The second-order valence-corrected chi connectivity index (χ2v) is 12.1. The van der Waals surface area contributed by atoms with Crippen LogP contribution in [0.15, 0.2) is 59.2 Å². The lowest BCUT2D eigenvalue weighted by atomic mass is 10.1. The summed E-state index contributed by atoms with van der Waals surface area (Å²) in [5.74, 6) is 1.16. The predicted molar refractivity (Wildman–Crippen MR) is 134 cm³/mol. The first-order valence-corrected chi connectivity index (χ1v) is 13.8. The molecule has 166 valence electrons. The number of para-hydroxylation sites is 1. The van der Waals surface area contributed by atoms with E-state index in [1.54, 1.807) is 19.5 Å². The minimum absolute atomic E-state index is 0.174. The summed E-state index contributed by atoms with van der Waals surface area (Å²) in [7, 11) is -2.46. The predicted octanol–water partition coefficient (Wildman–Crippen LogP) is 5.49. The molecule has 1 aliphatic rings. The van der Waals surface area contributed by atoms with E-state index in [-0.39, 0.29) is 5.91 Å². The number of rotatable bonds is 6. The number of amides is 1. The van der Waals surface area contributed by atoms with Crippen LogP contribution in [0.3, 0.4) is 0 Å². The van der Waals surface area contributed by atoms with Gasteiger partial charge in [0.2, 0.25) is 11.9 Å². The maximum atomic E-state index is 12.7. The number of hydrogen-bond donors (Lipinski definition) is 2. The summed E-state index contributed by atoms with van der Waals surface area (Å²) >= 11 is 3.49. The first-order valence-electron chi connectivity index (χ1n) is 10.4. The lowest BCUT2D eigenvalue weighted by Crippen LogP contribution is -2.35. The molecule has 1 saturated heterocycles. The molecule has 2 N–H and O–H groups in total. The van der Waals surface area contributed by atoms with Crippen LogP contribution >= 0.6 is 23.1 Å². The largest absolute Gasteiger partial charge is 0.339 e. The van der Waals surface area contributed by atoms with Crippen LogP contribution in [-0.2, 0) is 9.36 Å². The normalized spacial score (nSPS) is 14.3. The van der Waals surface area contributed by atoms with E-state index in [1.807, 2.05) is 53.4 Å². The zero-order chi connectivity index (χ0) is 22.7. The number of piperidine rings is 1. The number of carbonyl (C=O) groups excluding carboxylic acids is 1. The Morgan fingerprint density at radius 1 is 1.03 bits per heavy atom. The van der Waals surface area contributed by atoms with Gasteiger partial charge in [-0.3, -0.25) is 4.79 Å². The van der Waals surface area contributed by atoms with Crippen LogP contribution in [0.4, 0.5) is 28.8 Å². The van der Waals surface area contributed by atoms with Crippen LogP contribution in [0.2, 0.25) is 0 Å². The summed E-state index contributed by atoms with van der Waals surface area (Å²) in [6.07, 6.45) is 4.27. The quantitative estimate of drug-likeness (QED) is 0.423. The summed E-state index contributed by atoms with van der Waals surface area (Å²) in [5, 5.41) is 7.24. The average molecular weight is 514 g/mol. The molecule has 9 heteroatoms. The lowest BCUT2D eigenvalue weighted by Gasteiger charge is -2.26. The van der Waals surface area contributed by atoms with Gasteiger partial charge < -0.3 is 20.1 Å². The SMILES string of the molecule is CP(C)(=O)c1ccccc1Nc1nc(Nc2ccc(N3CCCCC3=O)cc2)ncc1Br. The van der Waals surface area contributed by atoms with Crippen molar-refractivity contribution in [1.82, 2.24) is 9.97 Å². The number of hydrogen-bond acceptors (Lipinski definition) is 6. The number of carbonyl (C=O) groups is 1. The summed E-state index contributed by atoms with van der Waals surface area (Å²) in [4.78, 5) is 22.9. The Balaban J connectivity index is 1.52. The van der Waals surface area contributed by atoms with E-state index in [2.05, 4.69) is 36.5 Å². The zero-order valence-electron chi connectivity index (χ0n) is 18.0. The number of nitrogens with zero attached hydrogens (tertiary/aromatic N) is 3. The van der Waals surface area contributed by atoms with Crippen molar-refractivity contribution in [3.05, 3.63) is 59.2 Å². The molecular formula is C23H25BrN5O2P. The standard InChI is InChI=1S/C23H25BrN5O2P/c1-32(2,31)20-8-4-3-7-19(20)27-22-18(24)15-25-23(28-22)26-16-10-12-17(13-11-16)29-14-6-5-9-21(29)30/h3-4,7-8,10-13,15H,5-6,9,14H2,1-2H3,(H2,25,26,27,28). The van der Waals surface area contributed by atoms with E-state index in [9.17, 15) is 9.36 Å². The molecule has 0 atom stereocenters. The Kier molecular flexibility index (Phi) is 6.63. The van der Waals surface area contributed by atoms with Gasteiger partial charge >= 0.3 is 0 Å². The van der Waals surface area contributed by atoms with Crippen molar-refractivity contribution in [3.8, 4) is 0 Å². The Hall–Kier alpha value is -2.70. The average Bonchev–Trinajstić information content (AvgIpc) is 2.77. The number of nitrogens with one attached hydrogen (secondary N) is 2. The molecule has 0 saturated carbocycles. The first-order chi connectivity index (χ1) is 15.3. The van der Waals surface area contributed by atoms with Crippen LogP contribution in [0.1, 0.15) is 19.3 Å². The zero-order valence-corrected chi connectivity index (χ0v) is 20.5. The fraction of sp³-hybridized carbons (Fsp3) is 0.261. The van der Waals surface area contributed by atoms with Gasteiger partial charge in [0.15, 0.2) is 0 Å². The third-order valence-electron chi connectivity index (χ3n) is 5.24. The van der Waals surface area contributed by atoms with Gasteiger partial charge in [-0.15, -0.1) is 0 Å². The van der Waals surface area contributed by atoms with Crippen LogP contribution in [0.5, 0.6) is 0 Å². The van der Waals surface area contributed by atoms with Crippen molar-refractivity contribution in [2.45, 2.75) is 19.3 Å². The highest BCUT2D eigenvalue weighted by Crippen LogP contribution is 2.38. The monoisotopic (exact) mass is 513 g/mol. The summed E-state index contributed by atoms with van der Waals surface area (Å²) in [6, 6.07) is 15.2. The fourth-order valence-electron chi connectivity index (χ4n) is 3.62. The highest BCUT2D eigenvalue weighted by molar-refractivity contribution is 9.10. The van der Waals surface area contributed by atoms with Crippen molar-refractivity contribution in [2.75, 3.05) is 35.4 Å². The Morgan fingerprint density at radius 3 is 2.50 bits per heavy atom. The van der Waals surface area contributed by atoms with Gasteiger partial charge in [0, 0.05) is 35.8 Å². The molecule has 0 spiro atoms. The van der Waals surface area contributed by atoms with Gasteiger partial charge in [0.05, 0.1) is 10.2 Å².